The number of H-pyrrole nitrogens is 1. The third kappa shape index (κ3) is 3.28. The number of hydrogen-bond acceptors (Lipinski definition) is 5. The van der Waals surface area contributed by atoms with Gasteiger partial charge in [-0.1, -0.05) is 18.2 Å². The van der Waals surface area contributed by atoms with Crippen LogP contribution in [0.4, 0.5) is 0 Å². The number of hydrogen-bond donors (Lipinski definition) is 1. The number of fused-ring (bicyclic) bond motifs is 1. The van der Waals surface area contributed by atoms with E-state index in [1.54, 1.807) is 0 Å². The van der Waals surface area contributed by atoms with Gasteiger partial charge >= 0.3 is 0 Å². The van der Waals surface area contributed by atoms with Gasteiger partial charge in [-0.25, -0.2) is 8.42 Å². The number of aromatic amines is 1. The van der Waals surface area contributed by atoms with Crippen molar-refractivity contribution in [3.63, 3.8) is 0 Å². The maximum atomic E-state index is 12.5. The van der Waals surface area contributed by atoms with Gasteiger partial charge in [0.1, 0.15) is 0 Å². The molecule has 1 N–H and O–H groups in total. The van der Waals surface area contributed by atoms with Crippen LogP contribution in [0.1, 0.15) is 5.56 Å². The molecule has 0 aliphatic carbocycles. The molecule has 1 saturated heterocycles. The van der Waals surface area contributed by atoms with Crippen molar-refractivity contribution in [1.29, 1.82) is 0 Å². The van der Waals surface area contributed by atoms with E-state index in [-0.39, 0.29) is 5.03 Å². The molecule has 0 atom stereocenters. The molecule has 25 heavy (non-hydrogen) atoms. The standard InChI is InChI=1S/C17H19N5O2S/c23-25(24,17-5-6-19-20-17)22-9-7-21(8-10-22)13-14-11-15-3-1-2-4-16(15)18-12-14/h1-6,11-12H,7-10,13H2,(H,19,20). The summed E-state index contributed by atoms with van der Waals surface area (Å²) in [7, 11) is -3.47. The summed E-state index contributed by atoms with van der Waals surface area (Å²) < 4.78 is 26.5. The lowest BCUT2D eigenvalue weighted by Crippen LogP contribution is -2.48. The molecule has 0 radical (unpaired) electrons. The van der Waals surface area contributed by atoms with Crippen LogP contribution in [-0.4, -0.2) is 59.0 Å². The van der Waals surface area contributed by atoms with Crippen molar-refractivity contribution in [2.75, 3.05) is 26.2 Å². The highest BCUT2D eigenvalue weighted by atomic mass is 32.2. The van der Waals surface area contributed by atoms with E-state index < -0.39 is 10.0 Å². The average Bonchev–Trinajstić information content (AvgIpc) is 3.18. The zero-order valence-corrected chi connectivity index (χ0v) is 14.5. The predicted octanol–water partition coefficient (Wildman–Crippen LogP) is 1.46. The Bertz CT molecular complexity index is 964. The van der Waals surface area contributed by atoms with Crippen molar-refractivity contribution < 1.29 is 8.42 Å². The number of nitrogens with zero attached hydrogens (tertiary/aromatic N) is 4. The number of para-hydroxylation sites is 1. The summed E-state index contributed by atoms with van der Waals surface area (Å²) in [5, 5.41) is 7.55. The smallest absolute Gasteiger partial charge is 0.260 e. The van der Waals surface area contributed by atoms with Crippen LogP contribution in [0.2, 0.25) is 0 Å². The van der Waals surface area contributed by atoms with Crippen LogP contribution < -0.4 is 0 Å². The molecule has 3 aromatic rings. The fraction of sp³-hybridized carbons (Fsp3) is 0.294. The molecule has 3 heterocycles. The van der Waals surface area contributed by atoms with Crippen molar-refractivity contribution in [3.8, 4) is 0 Å². The number of rotatable bonds is 4. The fourth-order valence-electron chi connectivity index (χ4n) is 3.12. The summed E-state index contributed by atoms with van der Waals surface area (Å²) in [4.78, 5) is 6.75. The molecule has 1 aliphatic rings. The molecule has 2 aromatic heterocycles. The van der Waals surface area contributed by atoms with Crippen LogP contribution in [0.25, 0.3) is 10.9 Å². The number of piperazine rings is 1. The van der Waals surface area contributed by atoms with E-state index in [2.05, 4.69) is 32.2 Å². The van der Waals surface area contributed by atoms with Gasteiger partial charge in [0, 0.05) is 44.3 Å². The number of benzene rings is 1. The molecule has 0 unspecified atom stereocenters. The first-order chi connectivity index (χ1) is 12.1. The Hall–Kier alpha value is -2.29. The highest BCUT2D eigenvalue weighted by molar-refractivity contribution is 7.89. The Labute approximate surface area is 146 Å². The zero-order valence-electron chi connectivity index (χ0n) is 13.7. The molecule has 130 valence electrons. The number of pyridine rings is 1. The monoisotopic (exact) mass is 357 g/mol. The van der Waals surface area contributed by atoms with E-state index in [0.29, 0.717) is 26.2 Å². The Balaban J connectivity index is 1.41. The summed E-state index contributed by atoms with van der Waals surface area (Å²) in [6.07, 6.45) is 3.35. The van der Waals surface area contributed by atoms with E-state index in [9.17, 15) is 8.42 Å². The van der Waals surface area contributed by atoms with Crippen molar-refractivity contribution in [3.05, 3.63) is 54.4 Å². The van der Waals surface area contributed by atoms with Crippen LogP contribution in [0.5, 0.6) is 0 Å². The minimum absolute atomic E-state index is 0.152. The van der Waals surface area contributed by atoms with Crippen LogP contribution in [0, 0.1) is 0 Å². The first kappa shape index (κ1) is 16.2. The van der Waals surface area contributed by atoms with Gasteiger partial charge in [0.05, 0.1) is 11.7 Å². The Morgan fingerprint density at radius 2 is 1.88 bits per heavy atom. The summed E-state index contributed by atoms with van der Waals surface area (Å²) in [5.41, 5.74) is 2.13. The van der Waals surface area contributed by atoms with Crippen LogP contribution in [0.3, 0.4) is 0 Å². The summed E-state index contributed by atoms with van der Waals surface area (Å²) in [6.45, 7) is 3.11. The van der Waals surface area contributed by atoms with E-state index in [0.717, 1.165) is 23.0 Å². The zero-order chi connectivity index (χ0) is 17.3. The average molecular weight is 357 g/mol. The van der Waals surface area contributed by atoms with Crippen molar-refractivity contribution in [2.45, 2.75) is 11.6 Å². The minimum Gasteiger partial charge on any atom is -0.296 e. The largest absolute Gasteiger partial charge is 0.296 e. The van der Waals surface area contributed by atoms with Gasteiger partial charge in [0.15, 0.2) is 5.03 Å². The Kier molecular flexibility index (Phi) is 4.24. The van der Waals surface area contributed by atoms with E-state index >= 15 is 0 Å². The molecule has 7 nitrogen and oxygen atoms in total. The molecule has 1 aromatic carbocycles. The van der Waals surface area contributed by atoms with Gasteiger partial charge in [-0.3, -0.25) is 15.0 Å². The highest BCUT2D eigenvalue weighted by Gasteiger charge is 2.29. The van der Waals surface area contributed by atoms with E-state index in [4.69, 9.17) is 0 Å². The van der Waals surface area contributed by atoms with Gasteiger partial charge in [0.25, 0.3) is 10.0 Å². The second kappa shape index (κ2) is 6.55. The third-order valence-electron chi connectivity index (χ3n) is 4.48. The molecule has 0 amide bonds. The van der Waals surface area contributed by atoms with Crippen LogP contribution in [-0.2, 0) is 16.6 Å². The molecule has 0 spiro atoms. The van der Waals surface area contributed by atoms with Gasteiger partial charge in [-0.05, 0) is 23.8 Å². The van der Waals surface area contributed by atoms with Crippen molar-refractivity contribution in [1.82, 2.24) is 24.4 Å². The summed E-state index contributed by atoms with van der Waals surface area (Å²) in [6, 6.07) is 11.7. The van der Waals surface area contributed by atoms with Crippen LogP contribution >= 0.6 is 0 Å². The molecule has 1 aliphatic heterocycles. The lowest BCUT2D eigenvalue weighted by molar-refractivity contribution is 0.181. The molecule has 1 fully saturated rings. The van der Waals surface area contributed by atoms with Gasteiger partial charge in [-0.15, -0.1) is 0 Å². The molecule has 0 bridgehead atoms. The summed E-state index contributed by atoms with van der Waals surface area (Å²) >= 11 is 0. The molecule has 0 saturated carbocycles. The third-order valence-corrected chi connectivity index (χ3v) is 6.31. The Morgan fingerprint density at radius 1 is 1.08 bits per heavy atom. The molecular formula is C17H19N5O2S. The summed E-state index contributed by atoms with van der Waals surface area (Å²) in [5.74, 6) is 0. The van der Waals surface area contributed by atoms with Gasteiger partial charge in [-0.2, -0.15) is 9.40 Å². The maximum Gasteiger partial charge on any atom is 0.260 e. The minimum atomic E-state index is -3.47. The van der Waals surface area contributed by atoms with E-state index in [1.807, 2.05) is 24.4 Å². The second-order valence-corrected chi connectivity index (χ2v) is 8.04. The normalized spacial score (nSPS) is 17.1. The SMILES string of the molecule is O=S(=O)(c1ccn[nH]1)N1CCN(Cc2cnc3ccccc3c2)CC1. The fourth-order valence-corrected chi connectivity index (χ4v) is 4.44. The predicted molar refractivity (Wildman–Crippen MR) is 94.4 cm³/mol. The first-order valence-electron chi connectivity index (χ1n) is 8.18. The molecule has 4 rings (SSSR count). The molecule has 8 heteroatoms. The first-order valence-corrected chi connectivity index (χ1v) is 9.62. The number of nitrogens with one attached hydrogen (secondary N) is 1. The number of sulfonamides is 1. The topological polar surface area (TPSA) is 82.2 Å². The van der Waals surface area contributed by atoms with E-state index in [1.165, 1.54) is 16.6 Å². The number of aromatic nitrogens is 3. The highest BCUT2D eigenvalue weighted by Crippen LogP contribution is 2.18. The van der Waals surface area contributed by atoms with Gasteiger partial charge < -0.3 is 0 Å². The lowest BCUT2D eigenvalue weighted by Gasteiger charge is -2.33. The van der Waals surface area contributed by atoms with Crippen LogP contribution in [0.15, 0.2) is 53.8 Å². The van der Waals surface area contributed by atoms with Gasteiger partial charge in [0.2, 0.25) is 0 Å². The maximum absolute atomic E-state index is 12.5. The molecular weight excluding hydrogens is 338 g/mol. The van der Waals surface area contributed by atoms with Crippen molar-refractivity contribution >= 4 is 20.9 Å². The Morgan fingerprint density at radius 3 is 2.64 bits per heavy atom. The lowest BCUT2D eigenvalue weighted by atomic mass is 10.1. The second-order valence-electron chi connectivity index (χ2n) is 6.14. The quantitative estimate of drug-likeness (QED) is 0.764. The van der Waals surface area contributed by atoms with Crippen molar-refractivity contribution in [2.24, 2.45) is 0 Å².